The molecule has 1 amide bonds. The van der Waals surface area contributed by atoms with E-state index in [0.29, 0.717) is 10.0 Å². The number of carboxylic acids is 1. The van der Waals surface area contributed by atoms with Crippen LogP contribution in [0.15, 0.2) is 46.9 Å². The van der Waals surface area contributed by atoms with Crippen LogP contribution in [0.2, 0.25) is 0 Å². The third kappa shape index (κ3) is 4.73. The van der Waals surface area contributed by atoms with E-state index in [4.69, 9.17) is 5.11 Å². The van der Waals surface area contributed by atoms with E-state index in [1.807, 2.05) is 0 Å². The van der Waals surface area contributed by atoms with Gasteiger partial charge in [0, 0.05) is 22.9 Å². The normalized spacial score (nSPS) is 10.2. The average molecular weight is 394 g/mol. The quantitative estimate of drug-likeness (QED) is 0.729. The lowest BCUT2D eigenvalue weighted by Gasteiger charge is -2.09. The number of anilines is 1. The first-order valence-electron chi connectivity index (χ1n) is 6.98. The van der Waals surface area contributed by atoms with Crippen LogP contribution in [0.4, 0.5) is 10.1 Å². The van der Waals surface area contributed by atoms with Gasteiger partial charge in [-0.1, -0.05) is 15.9 Å². The van der Waals surface area contributed by atoms with Gasteiger partial charge >= 0.3 is 5.97 Å². The van der Waals surface area contributed by atoms with Crippen LogP contribution in [0, 0.1) is 5.82 Å². The van der Waals surface area contributed by atoms with Crippen LogP contribution in [0.5, 0.6) is 0 Å². The smallest absolute Gasteiger partial charge is 0.337 e. The molecule has 24 heavy (non-hydrogen) atoms. The van der Waals surface area contributed by atoms with Crippen molar-refractivity contribution in [2.45, 2.75) is 12.8 Å². The second kappa shape index (κ2) is 7.83. The van der Waals surface area contributed by atoms with Gasteiger partial charge in [0.25, 0.3) is 0 Å². The summed E-state index contributed by atoms with van der Waals surface area (Å²) in [6, 6.07) is 9.50. The first kappa shape index (κ1) is 17.8. The molecule has 2 rings (SSSR count). The van der Waals surface area contributed by atoms with Crippen LogP contribution in [-0.2, 0) is 4.79 Å². The fourth-order valence-electron chi connectivity index (χ4n) is 2.02. The molecule has 0 spiro atoms. The highest BCUT2D eigenvalue weighted by Gasteiger charge is 2.14. The minimum Gasteiger partial charge on any atom is -0.478 e. The van der Waals surface area contributed by atoms with Gasteiger partial charge in [0.1, 0.15) is 5.82 Å². The molecule has 0 heterocycles. The van der Waals surface area contributed by atoms with E-state index >= 15 is 0 Å². The molecular weight excluding hydrogens is 381 g/mol. The molecular formula is C17H13BrFNO4. The summed E-state index contributed by atoms with van der Waals surface area (Å²) in [4.78, 5) is 35.0. The maximum Gasteiger partial charge on any atom is 0.337 e. The molecule has 0 saturated heterocycles. The van der Waals surface area contributed by atoms with Crippen molar-refractivity contribution in [3.63, 3.8) is 0 Å². The van der Waals surface area contributed by atoms with Crippen LogP contribution in [0.25, 0.3) is 0 Å². The molecule has 0 fully saturated rings. The van der Waals surface area contributed by atoms with Crippen molar-refractivity contribution >= 4 is 39.3 Å². The minimum absolute atomic E-state index is 0.0532. The van der Waals surface area contributed by atoms with Gasteiger partial charge in [0.15, 0.2) is 5.78 Å². The number of ketones is 1. The zero-order valence-electron chi connectivity index (χ0n) is 12.4. The number of nitrogens with one attached hydrogen (secondary N) is 1. The first-order valence-corrected chi connectivity index (χ1v) is 7.77. The van der Waals surface area contributed by atoms with Crippen molar-refractivity contribution in [2.24, 2.45) is 0 Å². The fourth-order valence-corrected chi connectivity index (χ4v) is 2.38. The van der Waals surface area contributed by atoms with Crippen molar-refractivity contribution in [3.8, 4) is 0 Å². The average Bonchev–Trinajstić information content (AvgIpc) is 2.54. The summed E-state index contributed by atoms with van der Waals surface area (Å²) >= 11 is 3.16. The Kier molecular flexibility index (Phi) is 5.81. The Labute approximate surface area is 145 Å². The van der Waals surface area contributed by atoms with Gasteiger partial charge in [-0.15, -0.1) is 0 Å². The van der Waals surface area contributed by atoms with E-state index in [2.05, 4.69) is 21.2 Å². The SMILES string of the molecule is O=C(CCC(=O)c1ccc(F)cc1)Nc1ccc(Br)cc1C(=O)O. The van der Waals surface area contributed by atoms with Crippen molar-refractivity contribution in [3.05, 3.63) is 63.9 Å². The predicted octanol–water partition coefficient (Wildman–Crippen LogP) is 3.89. The number of rotatable bonds is 6. The second-order valence-corrected chi connectivity index (χ2v) is 5.89. The Balaban J connectivity index is 1.98. The highest BCUT2D eigenvalue weighted by atomic mass is 79.9. The van der Waals surface area contributed by atoms with Crippen LogP contribution >= 0.6 is 15.9 Å². The topological polar surface area (TPSA) is 83.5 Å². The number of carbonyl (C=O) groups excluding carboxylic acids is 2. The van der Waals surface area contributed by atoms with Crippen molar-refractivity contribution < 1.29 is 23.9 Å². The third-order valence-electron chi connectivity index (χ3n) is 3.23. The number of Topliss-reactive ketones (excluding diaryl/α,β-unsaturated/α-hetero) is 1. The molecule has 124 valence electrons. The first-order chi connectivity index (χ1) is 11.4. The summed E-state index contributed by atoms with van der Waals surface area (Å²) in [6.45, 7) is 0. The highest BCUT2D eigenvalue weighted by molar-refractivity contribution is 9.10. The monoisotopic (exact) mass is 393 g/mol. The van der Waals surface area contributed by atoms with Crippen LogP contribution in [-0.4, -0.2) is 22.8 Å². The molecule has 0 aliphatic carbocycles. The lowest BCUT2D eigenvalue weighted by molar-refractivity contribution is -0.116. The number of carbonyl (C=O) groups is 3. The Morgan fingerprint density at radius 2 is 1.71 bits per heavy atom. The van der Waals surface area contributed by atoms with Gasteiger partial charge in [-0.05, 0) is 42.5 Å². The molecule has 5 nitrogen and oxygen atoms in total. The molecule has 2 aromatic carbocycles. The molecule has 0 aliphatic rings. The second-order valence-electron chi connectivity index (χ2n) is 4.97. The largest absolute Gasteiger partial charge is 0.478 e. The summed E-state index contributed by atoms with van der Waals surface area (Å²) in [5, 5.41) is 11.6. The Morgan fingerprint density at radius 1 is 1.04 bits per heavy atom. The molecule has 0 atom stereocenters. The van der Waals surface area contributed by atoms with Crippen LogP contribution in [0.1, 0.15) is 33.6 Å². The van der Waals surface area contributed by atoms with E-state index in [1.54, 1.807) is 6.07 Å². The zero-order valence-corrected chi connectivity index (χ0v) is 14.0. The van der Waals surface area contributed by atoms with E-state index in [0.717, 1.165) is 0 Å². The van der Waals surface area contributed by atoms with E-state index in [1.165, 1.54) is 36.4 Å². The number of benzene rings is 2. The maximum absolute atomic E-state index is 12.8. The Bertz CT molecular complexity index is 790. The highest BCUT2D eigenvalue weighted by Crippen LogP contribution is 2.21. The third-order valence-corrected chi connectivity index (χ3v) is 3.72. The van der Waals surface area contributed by atoms with Crippen molar-refractivity contribution in [1.82, 2.24) is 0 Å². The van der Waals surface area contributed by atoms with Crippen molar-refractivity contribution in [2.75, 3.05) is 5.32 Å². The fraction of sp³-hybridized carbons (Fsp3) is 0.118. The van der Waals surface area contributed by atoms with Gasteiger partial charge in [-0.3, -0.25) is 9.59 Å². The van der Waals surface area contributed by atoms with E-state index in [9.17, 15) is 18.8 Å². The van der Waals surface area contributed by atoms with Gasteiger partial charge < -0.3 is 10.4 Å². The Hall–Kier alpha value is -2.54. The maximum atomic E-state index is 12.8. The summed E-state index contributed by atoms with van der Waals surface area (Å²) in [7, 11) is 0. The predicted molar refractivity (Wildman–Crippen MR) is 89.7 cm³/mol. The molecule has 2 aromatic rings. The lowest BCUT2D eigenvalue weighted by Crippen LogP contribution is -2.16. The number of hydrogen-bond donors (Lipinski definition) is 2. The van der Waals surface area contributed by atoms with Crippen LogP contribution < -0.4 is 5.32 Å². The summed E-state index contributed by atoms with van der Waals surface area (Å²) in [5.74, 6) is -2.38. The molecule has 0 radical (unpaired) electrons. The minimum atomic E-state index is -1.17. The number of amides is 1. The lowest BCUT2D eigenvalue weighted by atomic mass is 10.1. The summed E-state index contributed by atoms with van der Waals surface area (Å²) in [5.41, 5.74) is 0.423. The van der Waals surface area contributed by atoms with Crippen molar-refractivity contribution in [1.29, 1.82) is 0 Å². The molecule has 7 heteroatoms. The zero-order chi connectivity index (χ0) is 17.7. The molecule has 2 N–H and O–H groups in total. The van der Waals surface area contributed by atoms with Gasteiger partial charge in [-0.2, -0.15) is 0 Å². The van der Waals surface area contributed by atoms with Gasteiger partial charge in [0.05, 0.1) is 11.3 Å². The number of carboxylic acid groups (broad SMARTS) is 1. The Morgan fingerprint density at radius 3 is 2.33 bits per heavy atom. The summed E-state index contributed by atoms with van der Waals surface area (Å²) in [6.07, 6.45) is -0.165. The van der Waals surface area contributed by atoms with E-state index in [-0.39, 0.29) is 29.9 Å². The number of halogens is 2. The van der Waals surface area contributed by atoms with Crippen LogP contribution in [0.3, 0.4) is 0 Å². The van der Waals surface area contributed by atoms with E-state index < -0.39 is 17.7 Å². The molecule has 0 aliphatic heterocycles. The molecule has 0 saturated carbocycles. The molecule has 0 unspecified atom stereocenters. The summed E-state index contributed by atoms with van der Waals surface area (Å²) < 4.78 is 13.4. The standard InChI is InChI=1S/C17H13BrFNO4/c18-11-3-6-14(13(9-11)17(23)24)20-16(22)8-7-15(21)10-1-4-12(19)5-2-10/h1-6,9H,7-8H2,(H,20,22)(H,23,24). The number of hydrogen-bond acceptors (Lipinski definition) is 3. The molecule has 0 aromatic heterocycles. The van der Waals surface area contributed by atoms with Gasteiger partial charge in [0.2, 0.25) is 5.91 Å². The van der Waals surface area contributed by atoms with Gasteiger partial charge in [-0.25, -0.2) is 9.18 Å². The number of aromatic carboxylic acids is 1. The molecule has 0 bridgehead atoms.